The van der Waals surface area contributed by atoms with E-state index in [9.17, 15) is 0 Å². The summed E-state index contributed by atoms with van der Waals surface area (Å²) in [6.45, 7) is 6.72. The van der Waals surface area contributed by atoms with E-state index in [0.29, 0.717) is 5.96 Å². The van der Waals surface area contributed by atoms with Gasteiger partial charge in [0.05, 0.1) is 25.3 Å². The lowest BCUT2D eigenvalue weighted by Crippen LogP contribution is -2.58. The first-order valence-corrected chi connectivity index (χ1v) is 4.61. The minimum Gasteiger partial charge on any atom is -0.378 e. The number of hydrogen-bond acceptors (Lipinski definition) is 4. The normalized spacial score (nSPS) is 37.2. The first-order valence-electron chi connectivity index (χ1n) is 4.61. The molecule has 0 saturated carbocycles. The molecule has 0 aromatic rings. The van der Waals surface area contributed by atoms with Crippen LogP contribution in [0.15, 0.2) is 4.99 Å². The zero-order valence-electron chi connectivity index (χ0n) is 8.50. The molecule has 0 aromatic heterocycles. The smallest absolute Gasteiger partial charge is 0.191 e. The van der Waals surface area contributed by atoms with Crippen LogP contribution in [0.5, 0.6) is 0 Å². The van der Waals surface area contributed by atoms with E-state index < -0.39 is 0 Å². The Morgan fingerprint density at radius 3 is 2.54 bits per heavy atom. The second kappa shape index (κ2) is 2.38. The van der Waals surface area contributed by atoms with Crippen LogP contribution in [-0.2, 0) is 4.74 Å². The Morgan fingerprint density at radius 1 is 1.46 bits per heavy atom. The maximum absolute atomic E-state index is 5.77. The third kappa shape index (κ3) is 0.921. The predicted octanol–water partition coefficient (Wildman–Crippen LogP) is 0.0417. The summed E-state index contributed by atoms with van der Waals surface area (Å²) in [6.07, 6.45) is 0. The Bertz CT molecular complexity index is 262. The number of likely N-dealkylation sites (N-methyl/N-ethyl adjacent to an activating group) is 1. The summed E-state index contributed by atoms with van der Waals surface area (Å²) in [7, 11) is 2.00. The van der Waals surface area contributed by atoms with Gasteiger partial charge in [-0.25, -0.2) is 0 Å². The van der Waals surface area contributed by atoms with E-state index in [1.807, 2.05) is 7.05 Å². The standard InChI is InChI=1S/C9H17N3O/c1-8(2)5-13-6-9(8)4-11-7(10)12(9)3/h4-6H2,1-3H3,(H2,10,11). The summed E-state index contributed by atoms with van der Waals surface area (Å²) in [5.74, 6) is 0.638. The lowest BCUT2D eigenvalue weighted by molar-refractivity contribution is 0.119. The van der Waals surface area contributed by atoms with E-state index in [4.69, 9.17) is 10.5 Å². The highest BCUT2D eigenvalue weighted by Gasteiger charge is 2.55. The fourth-order valence-electron chi connectivity index (χ4n) is 2.26. The fraction of sp³-hybridized carbons (Fsp3) is 0.889. The summed E-state index contributed by atoms with van der Waals surface area (Å²) < 4.78 is 5.55. The number of aliphatic imine (C=N–C) groups is 1. The second-order valence-corrected chi connectivity index (χ2v) is 4.64. The van der Waals surface area contributed by atoms with Gasteiger partial charge in [0, 0.05) is 12.5 Å². The highest BCUT2D eigenvalue weighted by Crippen LogP contribution is 2.43. The van der Waals surface area contributed by atoms with Crippen molar-refractivity contribution in [2.45, 2.75) is 19.4 Å². The quantitative estimate of drug-likeness (QED) is 0.577. The molecule has 2 heterocycles. The molecule has 1 fully saturated rings. The van der Waals surface area contributed by atoms with Crippen molar-refractivity contribution in [2.24, 2.45) is 16.1 Å². The Balaban J connectivity index is 2.33. The Morgan fingerprint density at radius 2 is 2.15 bits per heavy atom. The monoisotopic (exact) mass is 183 g/mol. The molecule has 0 aliphatic carbocycles. The van der Waals surface area contributed by atoms with E-state index >= 15 is 0 Å². The summed E-state index contributed by atoms with van der Waals surface area (Å²) in [6, 6.07) is 0. The molecule has 0 bridgehead atoms. The molecule has 1 spiro atoms. The second-order valence-electron chi connectivity index (χ2n) is 4.64. The van der Waals surface area contributed by atoms with E-state index in [2.05, 4.69) is 23.7 Å². The third-order valence-corrected chi connectivity index (χ3v) is 3.55. The molecule has 4 nitrogen and oxygen atoms in total. The van der Waals surface area contributed by atoms with Crippen LogP contribution >= 0.6 is 0 Å². The van der Waals surface area contributed by atoms with Gasteiger partial charge in [0.25, 0.3) is 0 Å². The summed E-state index contributed by atoms with van der Waals surface area (Å²) in [5.41, 5.74) is 5.90. The highest BCUT2D eigenvalue weighted by molar-refractivity contribution is 5.81. The maximum Gasteiger partial charge on any atom is 0.191 e. The third-order valence-electron chi connectivity index (χ3n) is 3.55. The highest BCUT2D eigenvalue weighted by atomic mass is 16.5. The Labute approximate surface area is 78.8 Å². The first kappa shape index (κ1) is 8.81. The molecule has 2 rings (SSSR count). The van der Waals surface area contributed by atoms with Gasteiger partial charge in [-0.3, -0.25) is 4.99 Å². The molecule has 2 N–H and O–H groups in total. The van der Waals surface area contributed by atoms with Crippen molar-refractivity contribution in [3.63, 3.8) is 0 Å². The van der Waals surface area contributed by atoms with Crippen molar-refractivity contribution in [2.75, 3.05) is 26.8 Å². The average molecular weight is 183 g/mol. The number of rotatable bonds is 0. The topological polar surface area (TPSA) is 50.8 Å². The summed E-state index contributed by atoms with van der Waals surface area (Å²) >= 11 is 0. The van der Waals surface area contributed by atoms with E-state index in [1.165, 1.54) is 0 Å². The van der Waals surface area contributed by atoms with Gasteiger partial charge in [0.2, 0.25) is 0 Å². The van der Waals surface area contributed by atoms with Gasteiger partial charge < -0.3 is 15.4 Å². The molecule has 13 heavy (non-hydrogen) atoms. The molecular weight excluding hydrogens is 166 g/mol. The molecule has 2 aliphatic rings. The van der Waals surface area contributed by atoms with Crippen molar-refractivity contribution < 1.29 is 4.74 Å². The van der Waals surface area contributed by atoms with E-state index in [1.54, 1.807) is 0 Å². The van der Waals surface area contributed by atoms with E-state index in [-0.39, 0.29) is 11.0 Å². The molecule has 0 amide bonds. The lowest BCUT2D eigenvalue weighted by atomic mass is 9.74. The van der Waals surface area contributed by atoms with Crippen molar-refractivity contribution in [3.05, 3.63) is 0 Å². The number of hydrogen-bond donors (Lipinski definition) is 1. The molecule has 0 radical (unpaired) electrons. The Hall–Kier alpha value is -0.770. The van der Waals surface area contributed by atoms with Crippen molar-refractivity contribution in [1.29, 1.82) is 0 Å². The van der Waals surface area contributed by atoms with Gasteiger partial charge in [-0.2, -0.15) is 0 Å². The number of guanidine groups is 1. The maximum atomic E-state index is 5.77. The molecular formula is C9H17N3O. The van der Waals surface area contributed by atoms with Gasteiger partial charge in [0.15, 0.2) is 5.96 Å². The van der Waals surface area contributed by atoms with Crippen LogP contribution in [0.25, 0.3) is 0 Å². The van der Waals surface area contributed by atoms with Crippen LogP contribution in [0.1, 0.15) is 13.8 Å². The van der Waals surface area contributed by atoms with Gasteiger partial charge in [0.1, 0.15) is 0 Å². The number of ether oxygens (including phenoxy) is 1. The first-order chi connectivity index (χ1) is 6.00. The van der Waals surface area contributed by atoms with Crippen LogP contribution in [0, 0.1) is 5.41 Å². The van der Waals surface area contributed by atoms with Crippen LogP contribution in [0.2, 0.25) is 0 Å². The van der Waals surface area contributed by atoms with Gasteiger partial charge >= 0.3 is 0 Å². The summed E-state index contributed by atoms with van der Waals surface area (Å²) in [4.78, 5) is 6.36. The molecule has 4 heteroatoms. The molecule has 1 atom stereocenters. The Kier molecular flexibility index (Phi) is 1.61. The predicted molar refractivity (Wildman–Crippen MR) is 51.6 cm³/mol. The largest absolute Gasteiger partial charge is 0.378 e. The number of nitrogens with zero attached hydrogens (tertiary/aromatic N) is 2. The molecule has 1 saturated heterocycles. The van der Waals surface area contributed by atoms with Gasteiger partial charge in [-0.15, -0.1) is 0 Å². The minimum atomic E-state index is -0.00289. The molecule has 2 aliphatic heterocycles. The number of nitrogens with two attached hydrogens (primary N) is 1. The molecule has 0 aromatic carbocycles. The van der Waals surface area contributed by atoms with Gasteiger partial charge in [-0.1, -0.05) is 13.8 Å². The van der Waals surface area contributed by atoms with Crippen molar-refractivity contribution in [1.82, 2.24) is 4.90 Å². The van der Waals surface area contributed by atoms with Crippen molar-refractivity contribution >= 4 is 5.96 Å². The minimum absolute atomic E-state index is 0.00289. The van der Waals surface area contributed by atoms with Gasteiger partial charge in [-0.05, 0) is 0 Å². The average Bonchev–Trinajstić information content (AvgIpc) is 2.49. The summed E-state index contributed by atoms with van der Waals surface area (Å²) in [5, 5.41) is 0. The zero-order valence-corrected chi connectivity index (χ0v) is 8.50. The fourth-order valence-corrected chi connectivity index (χ4v) is 2.26. The molecule has 1 unspecified atom stereocenters. The van der Waals surface area contributed by atoms with Crippen LogP contribution in [0.4, 0.5) is 0 Å². The van der Waals surface area contributed by atoms with E-state index in [0.717, 1.165) is 19.8 Å². The SMILES string of the molecule is CN1C(N)=NCC12COCC2(C)C. The van der Waals surface area contributed by atoms with Crippen molar-refractivity contribution in [3.8, 4) is 0 Å². The van der Waals surface area contributed by atoms with Crippen LogP contribution in [0.3, 0.4) is 0 Å². The molecule has 74 valence electrons. The zero-order chi connectivity index (χ0) is 9.69. The van der Waals surface area contributed by atoms with Crippen LogP contribution < -0.4 is 5.73 Å². The van der Waals surface area contributed by atoms with Crippen LogP contribution in [-0.4, -0.2) is 43.2 Å². The lowest BCUT2D eigenvalue weighted by Gasteiger charge is -2.41.